The lowest BCUT2D eigenvalue weighted by Crippen LogP contribution is -2.41. The summed E-state index contributed by atoms with van der Waals surface area (Å²) in [4.78, 5) is 29.1. The summed E-state index contributed by atoms with van der Waals surface area (Å²) in [5.74, 6) is -1.62. The number of halogens is 2. The Morgan fingerprint density at radius 2 is 1.97 bits per heavy atom. The molecule has 1 N–H and O–H groups in total. The zero-order chi connectivity index (χ0) is 22.9. The summed E-state index contributed by atoms with van der Waals surface area (Å²) < 4.78 is 32.8. The van der Waals surface area contributed by atoms with Crippen molar-refractivity contribution in [3.8, 4) is 11.3 Å². The van der Waals surface area contributed by atoms with Crippen molar-refractivity contribution in [2.24, 2.45) is 5.92 Å². The molecule has 0 aliphatic heterocycles. The molecule has 0 spiro atoms. The van der Waals surface area contributed by atoms with Crippen LogP contribution >= 0.6 is 0 Å². The number of allylic oxidation sites excluding steroid dienone is 2. The minimum absolute atomic E-state index is 0.0338. The van der Waals surface area contributed by atoms with E-state index in [1.54, 1.807) is 25.1 Å². The van der Waals surface area contributed by atoms with Crippen LogP contribution < -0.4 is 5.32 Å². The van der Waals surface area contributed by atoms with Crippen LogP contribution in [0, 0.1) is 24.5 Å². The normalized spacial score (nSPS) is 16.6. The summed E-state index contributed by atoms with van der Waals surface area (Å²) in [6, 6.07) is 5.83. The van der Waals surface area contributed by atoms with Gasteiger partial charge in [0.25, 0.3) is 0 Å². The van der Waals surface area contributed by atoms with Crippen molar-refractivity contribution in [1.29, 1.82) is 0 Å². The second-order valence-corrected chi connectivity index (χ2v) is 8.78. The van der Waals surface area contributed by atoms with Crippen molar-refractivity contribution >= 4 is 17.3 Å². The molecule has 1 aliphatic rings. The van der Waals surface area contributed by atoms with E-state index in [2.05, 4.69) is 10.3 Å². The fraction of sp³-hybridized carbons (Fsp3) is 0.375. The smallest absolute Gasteiger partial charge is 0.221 e. The number of carbonyl (C=O) groups excluding carboxylic acids is 2. The highest BCUT2D eigenvalue weighted by Gasteiger charge is 2.36. The monoisotopic (exact) mass is 428 g/mol. The summed E-state index contributed by atoms with van der Waals surface area (Å²) in [5, 5.41) is 2.91. The van der Waals surface area contributed by atoms with Gasteiger partial charge in [-0.25, -0.2) is 8.78 Å². The van der Waals surface area contributed by atoms with Gasteiger partial charge in [0.1, 0.15) is 17.3 Å². The van der Waals surface area contributed by atoms with E-state index in [4.69, 9.17) is 4.74 Å². The van der Waals surface area contributed by atoms with E-state index in [0.717, 1.165) is 17.8 Å². The molecule has 1 unspecified atom stereocenters. The number of rotatable bonds is 5. The summed E-state index contributed by atoms with van der Waals surface area (Å²) in [6.45, 7) is 7.49. The van der Waals surface area contributed by atoms with E-state index < -0.39 is 11.6 Å². The topological polar surface area (TPSA) is 68.3 Å². The van der Waals surface area contributed by atoms with Crippen LogP contribution in [-0.2, 0) is 14.3 Å². The van der Waals surface area contributed by atoms with Gasteiger partial charge in [0, 0.05) is 35.9 Å². The van der Waals surface area contributed by atoms with Crippen molar-refractivity contribution in [2.45, 2.75) is 46.1 Å². The third-order valence-electron chi connectivity index (χ3n) is 5.07. The molecule has 1 aliphatic carbocycles. The first kappa shape index (κ1) is 22.6. The molecule has 31 heavy (non-hydrogen) atoms. The summed E-state index contributed by atoms with van der Waals surface area (Å²) in [5.41, 5.74) is 1.96. The van der Waals surface area contributed by atoms with Crippen molar-refractivity contribution in [3.05, 3.63) is 59.0 Å². The quantitative estimate of drug-likeness (QED) is 0.757. The first-order chi connectivity index (χ1) is 14.5. The number of benzene rings is 1. The molecule has 1 aromatic heterocycles. The molecule has 0 fully saturated rings. The lowest BCUT2D eigenvalue weighted by atomic mass is 9.95. The largest absolute Gasteiger partial charge is 0.500 e. The highest BCUT2D eigenvalue weighted by molar-refractivity contribution is 6.24. The number of Topliss-reactive ketones (excluding diaryl/α,β-unsaturated/α-hetero) is 1. The number of ketones is 1. The molecule has 164 valence electrons. The number of hydrogen-bond donors (Lipinski definition) is 1. The van der Waals surface area contributed by atoms with Crippen LogP contribution in [0.15, 0.2) is 36.2 Å². The fourth-order valence-electron chi connectivity index (χ4n) is 3.89. The Morgan fingerprint density at radius 3 is 2.55 bits per heavy atom. The molecule has 1 heterocycles. The van der Waals surface area contributed by atoms with Gasteiger partial charge >= 0.3 is 0 Å². The number of carbonyl (C=O) groups is 2. The van der Waals surface area contributed by atoms with E-state index in [9.17, 15) is 18.4 Å². The maximum atomic E-state index is 14.1. The maximum absolute atomic E-state index is 14.1. The molecule has 0 bridgehead atoms. The molecular formula is C24H26F2N2O3. The number of nitrogens with zero attached hydrogens (tertiary/aromatic N) is 1. The number of aryl methyl sites for hydroxylation is 1. The number of hydrogen-bond acceptors (Lipinski definition) is 4. The molecule has 0 saturated heterocycles. The van der Waals surface area contributed by atoms with E-state index in [1.165, 1.54) is 7.11 Å². The first-order valence-electron chi connectivity index (χ1n) is 10.0. The van der Waals surface area contributed by atoms with Gasteiger partial charge in [0.05, 0.1) is 18.9 Å². The highest BCUT2D eigenvalue weighted by Crippen LogP contribution is 2.39. The SMILES string of the molecule is COC1=C(c2ccc(-c3ncc(F)cc3F)cc2C)C(=O)CC1CC(=O)NC(C)(C)C. The minimum Gasteiger partial charge on any atom is -0.500 e. The van der Waals surface area contributed by atoms with Gasteiger partial charge in [0.15, 0.2) is 11.6 Å². The predicted octanol–water partition coefficient (Wildman–Crippen LogP) is 4.59. The number of pyridine rings is 1. The van der Waals surface area contributed by atoms with Crippen molar-refractivity contribution < 1.29 is 23.1 Å². The molecule has 2 aromatic rings. The van der Waals surface area contributed by atoms with Crippen LogP contribution in [0.3, 0.4) is 0 Å². The Labute approximate surface area is 180 Å². The van der Waals surface area contributed by atoms with Gasteiger partial charge in [-0.1, -0.05) is 12.1 Å². The Balaban J connectivity index is 1.94. The Morgan fingerprint density at radius 1 is 1.26 bits per heavy atom. The third kappa shape index (κ3) is 4.98. The van der Waals surface area contributed by atoms with Gasteiger partial charge in [-0.05, 0) is 44.9 Å². The first-order valence-corrected chi connectivity index (χ1v) is 10.0. The summed E-state index contributed by atoms with van der Waals surface area (Å²) in [7, 11) is 1.49. The van der Waals surface area contributed by atoms with Gasteiger partial charge < -0.3 is 10.1 Å². The third-order valence-corrected chi connectivity index (χ3v) is 5.07. The molecule has 5 nitrogen and oxygen atoms in total. The van der Waals surface area contributed by atoms with Gasteiger partial charge in [-0.3, -0.25) is 14.6 Å². The van der Waals surface area contributed by atoms with Crippen LogP contribution in [0.2, 0.25) is 0 Å². The lowest BCUT2D eigenvalue weighted by Gasteiger charge is -2.22. The number of nitrogens with one attached hydrogen (secondary N) is 1. The number of amides is 1. The zero-order valence-corrected chi connectivity index (χ0v) is 18.3. The van der Waals surface area contributed by atoms with Gasteiger partial charge in [-0.2, -0.15) is 0 Å². The number of methoxy groups -OCH3 is 1. The number of ether oxygens (including phenoxy) is 1. The standard InChI is InChI=1S/C24H26F2N2O3/c1-13-8-14(22-18(26)11-16(25)12-27-22)6-7-17(13)21-19(29)9-15(23(21)31-5)10-20(30)28-24(2,3)4/h6-8,11-12,15H,9-10H2,1-5H3,(H,28,30). The molecule has 7 heteroatoms. The minimum atomic E-state index is -0.759. The molecule has 1 aromatic carbocycles. The Bertz CT molecular complexity index is 1070. The van der Waals surface area contributed by atoms with E-state index in [1.807, 2.05) is 20.8 Å². The fourth-order valence-corrected chi connectivity index (χ4v) is 3.89. The second kappa shape index (κ2) is 8.57. The van der Waals surface area contributed by atoms with Gasteiger partial charge in [0.2, 0.25) is 5.91 Å². The van der Waals surface area contributed by atoms with E-state index >= 15 is 0 Å². The highest BCUT2D eigenvalue weighted by atomic mass is 19.1. The molecule has 1 amide bonds. The molecule has 0 radical (unpaired) electrons. The van der Waals surface area contributed by atoms with Crippen LogP contribution in [-0.4, -0.2) is 29.3 Å². The number of aromatic nitrogens is 1. The van der Waals surface area contributed by atoms with Crippen LogP contribution in [0.4, 0.5) is 8.78 Å². The molecule has 1 atom stereocenters. The Kier molecular flexibility index (Phi) is 6.25. The van der Waals surface area contributed by atoms with Crippen molar-refractivity contribution in [2.75, 3.05) is 7.11 Å². The van der Waals surface area contributed by atoms with Crippen LogP contribution in [0.1, 0.15) is 44.7 Å². The maximum Gasteiger partial charge on any atom is 0.221 e. The summed E-state index contributed by atoms with van der Waals surface area (Å²) >= 11 is 0. The molecule has 3 rings (SSSR count). The van der Waals surface area contributed by atoms with Gasteiger partial charge in [-0.15, -0.1) is 0 Å². The summed E-state index contributed by atoms with van der Waals surface area (Å²) in [6.07, 6.45) is 1.30. The van der Waals surface area contributed by atoms with Crippen LogP contribution in [0.5, 0.6) is 0 Å². The van der Waals surface area contributed by atoms with Crippen LogP contribution in [0.25, 0.3) is 16.8 Å². The average molecular weight is 428 g/mol. The van der Waals surface area contributed by atoms with E-state index in [-0.39, 0.29) is 41.7 Å². The Hall–Kier alpha value is -3.09. The predicted molar refractivity (Wildman–Crippen MR) is 114 cm³/mol. The second-order valence-electron chi connectivity index (χ2n) is 8.78. The van der Waals surface area contributed by atoms with E-state index in [0.29, 0.717) is 22.5 Å². The zero-order valence-electron chi connectivity index (χ0n) is 18.3. The average Bonchev–Trinajstić information content (AvgIpc) is 2.94. The molecular weight excluding hydrogens is 402 g/mol. The molecule has 0 saturated carbocycles. The van der Waals surface area contributed by atoms with Crippen molar-refractivity contribution in [3.63, 3.8) is 0 Å². The lowest BCUT2D eigenvalue weighted by molar-refractivity contribution is -0.123. The van der Waals surface area contributed by atoms with Crippen molar-refractivity contribution in [1.82, 2.24) is 10.3 Å².